The average Bonchev–Trinajstić information content (AvgIpc) is 2.85. The summed E-state index contributed by atoms with van der Waals surface area (Å²) in [5, 5.41) is 8.22. The van der Waals surface area contributed by atoms with E-state index < -0.39 is 0 Å². The third kappa shape index (κ3) is 2.52. The van der Waals surface area contributed by atoms with Crippen molar-refractivity contribution in [2.24, 2.45) is 0 Å². The number of fused-ring (bicyclic) bond motifs is 1. The summed E-state index contributed by atoms with van der Waals surface area (Å²) in [5.74, 6) is 0. The maximum Gasteiger partial charge on any atom is 0.168 e. The van der Waals surface area contributed by atoms with Crippen molar-refractivity contribution in [1.82, 2.24) is 15.0 Å². The van der Waals surface area contributed by atoms with Crippen LogP contribution in [-0.2, 0) is 0 Å². The van der Waals surface area contributed by atoms with Crippen molar-refractivity contribution >= 4 is 39.3 Å². The van der Waals surface area contributed by atoms with Gasteiger partial charge in [0.15, 0.2) is 4.32 Å². The molecule has 0 bridgehead atoms. The number of nitrogens with zero attached hydrogens (tertiary/aromatic N) is 3. The van der Waals surface area contributed by atoms with Crippen LogP contribution in [0.2, 0.25) is 0 Å². The number of para-hydroxylation sites is 1. The van der Waals surface area contributed by atoms with Gasteiger partial charge in [-0.25, -0.2) is 0 Å². The highest BCUT2D eigenvalue weighted by molar-refractivity contribution is 8.23. The van der Waals surface area contributed by atoms with Crippen LogP contribution in [0.3, 0.4) is 0 Å². The fourth-order valence-corrected chi connectivity index (χ4v) is 2.87. The molecule has 0 atom stereocenters. The van der Waals surface area contributed by atoms with Gasteiger partial charge in [0.2, 0.25) is 0 Å². The van der Waals surface area contributed by atoms with Crippen molar-refractivity contribution in [3.05, 3.63) is 54.1 Å². The van der Waals surface area contributed by atoms with E-state index in [1.54, 1.807) is 4.68 Å². The number of aromatic nitrogens is 3. The lowest BCUT2D eigenvalue weighted by Crippen LogP contribution is -2.06. The SMILES string of the molecule is Cc1ccc(SC(=S)n2nnc3ccccc32)cc1. The number of benzene rings is 2. The molecule has 0 spiro atoms. The standard InChI is InChI=1S/C14H11N3S2/c1-10-6-8-11(9-7-10)19-14(18)17-13-5-3-2-4-12(13)15-16-17/h2-9H,1H3. The van der Waals surface area contributed by atoms with Crippen LogP contribution in [-0.4, -0.2) is 19.3 Å². The van der Waals surface area contributed by atoms with Crippen LogP contribution in [0.1, 0.15) is 5.56 Å². The Morgan fingerprint density at radius 3 is 2.63 bits per heavy atom. The Morgan fingerprint density at radius 1 is 1.11 bits per heavy atom. The van der Waals surface area contributed by atoms with Gasteiger partial charge in [-0.2, -0.15) is 4.68 Å². The maximum atomic E-state index is 5.44. The molecule has 3 nitrogen and oxygen atoms in total. The number of hydrogen-bond acceptors (Lipinski definition) is 4. The highest BCUT2D eigenvalue weighted by atomic mass is 32.2. The summed E-state index contributed by atoms with van der Waals surface area (Å²) in [4.78, 5) is 1.11. The largest absolute Gasteiger partial charge is 0.195 e. The van der Waals surface area contributed by atoms with Crippen LogP contribution >= 0.6 is 24.0 Å². The minimum Gasteiger partial charge on any atom is -0.195 e. The van der Waals surface area contributed by atoms with Gasteiger partial charge in [-0.1, -0.05) is 46.8 Å². The Bertz CT molecular complexity index is 732. The van der Waals surface area contributed by atoms with Crippen molar-refractivity contribution < 1.29 is 0 Å². The molecule has 3 aromatic rings. The summed E-state index contributed by atoms with van der Waals surface area (Å²) in [7, 11) is 0. The van der Waals surface area contributed by atoms with Crippen LogP contribution in [0, 0.1) is 6.92 Å². The first kappa shape index (κ1) is 12.3. The lowest BCUT2D eigenvalue weighted by molar-refractivity contribution is 0.880. The molecule has 3 rings (SSSR count). The van der Waals surface area contributed by atoms with Crippen molar-refractivity contribution in [3.8, 4) is 0 Å². The molecule has 0 aliphatic rings. The van der Waals surface area contributed by atoms with Gasteiger partial charge in [0.1, 0.15) is 5.52 Å². The quantitative estimate of drug-likeness (QED) is 0.504. The Kier molecular flexibility index (Phi) is 3.31. The minimum atomic E-state index is 0.678. The zero-order valence-electron chi connectivity index (χ0n) is 10.3. The molecule has 0 aliphatic carbocycles. The molecule has 1 aromatic heterocycles. The topological polar surface area (TPSA) is 30.7 Å². The molecule has 0 saturated carbocycles. The summed E-state index contributed by atoms with van der Waals surface area (Å²) < 4.78 is 2.38. The summed E-state index contributed by atoms with van der Waals surface area (Å²) in [6.45, 7) is 2.07. The van der Waals surface area contributed by atoms with Gasteiger partial charge in [-0.15, -0.1) is 5.10 Å². The molecule has 0 amide bonds. The molecule has 0 radical (unpaired) electrons. The van der Waals surface area contributed by atoms with Crippen molar-refractivity contribution in [2.45, 2.75) is 11.8 Å². The summed E-state index contributed by atoms with van der Waals surface area (Å²) in [6, 6.07) is 16.1. The first-order valence-electron chi connectivity index (χ1n) is 5.83. The second kappa shape index (κ2) is 5.11. The van der Waals surface area contributed by atoms with Crippen LogP contribution in [0.4, 0.5) is 0 Å². The predicted octanol–water partition coefficient (Wildman–Crippen LogP) is 3.67. The van der Waals surface area contributed by atoms with Gasteiger partial charge in [0, 0.05) is 4.90 Å². The molecule has 0 saturated heterocycles. The molecular formula is C14H11N3S2. The number of rotatable bonds is 1. The maximum absolute atomic E-state index is 5.44. The van der Waals surface area contributed by atoms with E-state index in [2.05, 4.69) is 41.5 Å². The van der Waals surface area contributed by atoms with Gasteiger partial charge in [0.05, 0.1) is 5.52 Å². The molecule has 5 heteroatoms. The molecule has 0 aliphatic heterocycles. The second-order valence-electron chi connectivity index (χ2n) is 4.17. The van der Waals surface area contributed by atoms with Crippen molar-refractivity contribution in [3.63, 3.8) is 0 Å². The second-order valence-corrected chi connectivity index (χ2v) is 5.88. The third-order valence-corrected chi connectivity index (χ3v) is 4.03. The monoisotopic (exact) mass is 285 g/mol. The van der Waals surface area contributed by atoms with Gasteiger partial charge >= 0.3 is 0 Å². The molecule has 0 unspecified atom stereocenters. The Hall–Kier alpha value is -1.72. The molecular weight excluding hydrogens is 274 g/mol. The average molecular weight is 285 g/mol. The zero-order valence-corrected chi connectivity index (χ0v) is 11.9. The molecule has 0 N–H and O–H groups in total. The fourth-order valence-electron chi connectivity index (χ4n) is 1.75. The number of hydrogen-bond donors (Lipinski definition) is 0. The smallest absolute Gasteiger partial charge is 0.168 e. The van der Waals surface area contributed by atoms with E-state index in [1.807, 2.05) is 24.3 Å². The summed E-state index contributed by atoms with van der Waals surface area (Å²) in [6.07, 6.45) is 0. The minimum absolute atomic E-state index is 0.678. The molecule has 0 fully saturated rings. The molecule has 94 valence electrons. The molecule has 19 heavy (non-hydrogen) atoms. The lowest BCUT2D eigenvalue weighted by atomic mass is 10.2. The third-order valence-electron chi connectivity index (χ3n) is 2.75. The lowest BCUT2D eigenvalue weighted by Gasteiger charge is -2.04. The van der Waals surface area contributed by atoms with Crippen molar-refractivity contribution in [1.29, 1.82) is 0 Å². The first-order valence-corrected chi connectivity index (χ1v) is 7.06. The van der Waals surface area contributed by atoms with E-state index in [0.29, 0.717) is 4.32 Å². The molecule has 1 heterocycles. The van der Waals surface area contributed by atoms with E-state index in [1.165, 1.54) is 17.3 Å². The van der Waals surface area contributed by atoms with Gasteiger partial charge in [0.25, 0.3) is 0 Å². The van der Waals surface area contributed by atoms with Crippen LogP contribution in [0.15, 0.2) is 53.4 Å². The van der Waals surface area contributed by atoms with E-state index in [9.17, 15) is 0 Å². The molecule has 2 aromatic carbocycles. The normalized spacial score (nSPS) is 10.8. The van der Waals surface area contributed by atoms with Gasteiger partial charge in [-0.05, 0) is 43.4 Å². The van der Waals surface area contributed by atoms with E-state index in [4.69, 9.17) is 12.2 Å². The van der Waals surface area contributed by atoms with E-state index in [-0.39, 0.29) is 0 Å². The number of thioether (sulfide) groups is 1. The van der Waals surface area contributed by atoms with E-state index in [0.717, 1.165) is 15.9 Å². The summed E-state index contributed by atoms with van der Waals surface area (Å²) >= 11 is 6.96. The Labute approximate surface area is 120 Å². The van der Waals surface area contributed by atoms with Crippen LogP contribution in [0.5, 0.6) is 0 Å². The van der Waals surface area contributed by atoms with E-state index >= 15 is 0 Å². The van der Waals surface area contributed by atoms with Gasteiger partial charge in [-0.3, -0.25) is 0 Å². The Balaban J connectivity index is 1.90. The summed E-state index contributed by atoms with van der Waals surface area (Å²) in [5.41, 5.74) is 3.03. The highest BCUT2D eigenvalue weighted by Crippen LogP contribution is 2.22. The van der Waals surface area contributed by atoms with Crippen LogP contribution < -0.4 is 0 Å². The Morgan fingerprint density at radius 2 is 1.84 bits per heavy atom. The van der Waals surface area contributed by atoms with Crippen LogP contribution in [0.25, 0.3) is 11.0 Å². The number of thiocarbonyl (C=S) groups is 1. The number of aryl methyl sites for hydroxylation is 1. The zero-order chi connectivity index (χ0) is 13.2. The predicted molar refractivity (Wildman–Crippen MR) is 82.6 cm³/mol. The highest BCUT2D eigenvalue weighted by Gasteiger charge is 2.09. The fraction of sp³-hybridized carbons (Fsp3) is 0.0714. The van der Waals surface area contributed by atoms with Crippen molar-refractivity contribution in [2.75, 3.05) is 0 Å². The first-order chi connectivity index (χ1) is 9.24. The van der Waals surface area contributed by atoms with Gasteiger partial charge < -0.3 is 0 Å².